The van der Waals surface area contributed by atoms with Crippen molar-refractivity contribution in [2.24, 2.45) is 23.5 Å². The normalized spacial score (nSPS) is 28.6. The van der Waals surface area contributed by atoms with Gasteiger partial charge in [0.2, 0.25) is 5.91 Å². The number of carbonyl (C=O) groups is 1. The highest BCUT2D eigenvalue weighted by Gasteiger charge is 2.40. The Kier molecular flexibility index (Phi) is 4.29. The van der Waals surface area contributed by atoms with E-state index in [0.29, 0.717) is 12.3 Å². The van der Waals surface area contributed by atoms with E-state index in [1.807, 2.05) is 42.3 Å². The molecule has 4 atom stereocenters. The van der Waals surface area contributed by atoms with Crippen LogP contribution in [0.2, 0.25) is 0 Å². The number of rotatable bonds is 5. The van der Waals surface area contributed by atoms with Crippen molar-refractivity contribution in [3.63, 3.8) is 0 Å². The molecule has 3 rings (SSSR count). The lowest BCUT2D eigenvalue weighted by molar-refractivity contribution is -0.132. The number of hydrogen-bond acceptors (Lipinski definition) is 2. The van der Waals surface area contributed by atoms with Crippen molar-refractivity contribution in [1.29, 1.82) is 0 Å². The number of nitrogens with zero attached hydrogens (tertiary/aromatic N) is 1. The van der Waals surface area contributed by atoms with E-state index in [2.05, 4.69) is 0 Å². The monoisotopic (exact) mass is 286 g/mol. The van der Waals surface area contributed by atoms with E-state index in [0.717, 1.165) is 23.9 Å². The SMILES string of the molecule is CN(CC1CC2CCC1C2)C(=O)[C@H](N)Cc1ccccc1. The number of amides is 1. The second-order valence-electron chi connectivity index (χ2n) is 6.95. The number of nitrogens with two attached hydrogens (primary N) is 1. The van der Waals surface area contributed by atoms with Crippen LogP contribution in [0.25, 0.3) is 0 Å². The Labute approximate surface area is 127 Å². The Bertz CT molecular complexity index is 487. The Morgan fingerprint density at radius 2 is 2.05 bits per heavy atom. The van der Waals surface area contributed by atoms with E-state index in [1.165, 1.54) is 25.7 Å². The predicted octanol–water partition coefficient (Wildman–Crippen LogP) is 2.45. The zero-order chi connectivity index (χ0) is 14.8. The van der Waals surface area contributed by atoms with Crippen molar-refractivity contribution in [1.82, 2.24) is 4.90 Å². The molecule has 0 aliphatic heterocycles. The summed E-state index contributed by atoms with van der Waals surface area (Å²) in [4.78, 5) is 14.3. The Balaban J connectivity index is 1.52. The van der Waals surface area contributed by atoms with Crippen molar-refractivity contribution in [3.8, 4) is 0 Å². The van der Waals surface area contributed by atoms with Crippen LogP contribution in [0.3, 0.4) is 0 Å². The number of carbonyl (C=O) groups excluding carboxylic acids is 1. The van der Waals surface area contributed by atoms with Gasteiger partial charge in [0.15, 0.2) is 0 Å². The molecule has 2 saturated carbocycles. The Morgan fingerprint density at radius 3 is 2.67 bits per heavy atom. The van der Waals surface area contributed by atoms with Gasteiger partial charge in [0.25, 0.3) is 0 Å². The summed E-state index contributed by atoms with van der Waals surface area (Å²) in [5, 5.41) is 0. The van der Waals surface area contributed by atoms with E-state index >= 15 is 0 Å². The highest BCUT2D eigenvalue weighted by atomic mass is 16.2. The maximum atomic E-state index is 12.4. The fourth-order valence-electron chi connectivity index (χ4n) is 4.28. The first-order valence-corrected chi connectivity index (χ1v) is 8.18. The van der Waals surface area contributed by atoms with Gasteiger partial charge in [-0.2, -0.15) is 0 Å². The van der Waals surface area contributed by atoms with Gasteiger partial charge >= 0.3 is 0 Å². The van der Waals surface area contributed by atoms with E-state index in [-0.39, 0.29) is 5.91 Å². The fourth-order valence-corrected chi connectivity index (χ4v) is 4.28. The summed E-state index contributed by atoms with van der Waals surface area (Å²) in [6.45, 7) is 0.891. The Hall–Kier alpha value is -1.35. The molecule has 1 aromatic carbocycles. The van der Waals surface area contributed by atoms with Crippen LogP contribution < -0.4 is 5.73 Å². The van der Waals surface area contributed by atoms with Crippen LogP contribution >= 0.6 is 0 Å². The number of likely N-dealkylation sites (N-methyl/N-ethyl adjacent to an activating group) is 1. The second-order valence-corrected chi connectivity index (χ2v) is 6.95. The first-order chi connectivity index (χ1) is 10.1. The standard InChI is InChI=1S/C18H26N2O/c1-20(12-16-10-14-7-8-15(16)9-14)18(21)17(19)11-13-5-3-2-4-6-13/h2-6,14-17H,7-12,19H2,1H3/t14?,15?,16?,17-/m1/s1. The molecule has 1 amide bonds. The molecule has 2 N–H and O–H groups in total. The van der Waals surface area contributed by atoms with E-state index in [9.17, 15) is 4.79 Å². The largest absolute Gasteiger partial charge is 0.344 e. The van der Waals surface area contributed by atoms with Crippen LogP contribution in [0.1, 0.15) is 31.2 Å². The molecule has 21 heavy (non-hydrogen) atoms. The third kappa shape index (κ3) is 3.29. The summed E-state index contributed by atoms with van der Waals surface area (Å²) < 4.78 is 0. The molecule has 2 fully saturated rings. The highest BCUT2D eigenvalue weighted by Crippen LogP contribution is 2.48. The van der Waals surface area contributed by atoms with Crippen molar-refractivity contribution >= 4 is 5.91 Å². The molecule has 0 aromatic heterocycles. The smallest absolute Gasteiger partial charge is 0.239 e. The molecule has 0 saturated heterocycles. The van der Waals surface area contributed by atoms with Crippen molar-refractivity contribution in [2.75, 3.05) is 13.6 Å². The van der Waals surface area contributed by atoms with Gasteiger partial charge < -0.3 is 10.6 Å². The van der Waals surface area contributed by atoms with Crippen LogP contribution in [-0.4, -0.2) is 30.4 Å². The zero-order valence-corrected chi connectivity index (χ0v) is 12.9. The minimum atomic E-state index is -0.420. The van der Waals surface area contributed by atoms with E-state index in [1.54, 1.807) is 0 Å². The van der Waals surface area contributed by atoms with Gasteiger partial charge in [-0.1, -0.05) is 36.8 Å². The lowest BCUT2D eigenvalue weighted by atomic mass is 9.88. The van der Waals surface area contributed by atoms with Crippen molar-refractivity contribution in [3.05, 3.63) is 35.9 Å². The molecule has 1 aromatic rings. The predicted molar refractivity (Wildman–Crippen MR) is 84.7 cm³/mol. The van der Waals surface area contributed by atoms with E-state index < -0.39 is 6.04 Å². The molecule has 114 valence electrons. The molecule has 3 heteroatoms. The van der Waals surface area contributed by atoms with Crippen LogP contribution in [0.15, 0.2) is 30.3 Å². The maximum absolute atomic E-state index is 12.4. The zero-order valence-electron chi connectivity index (χ0n) is 12.9. The fraction of sp³-hybridized carbons (Fsp3) is 0.611. The van der Waals surface area contributed by atoms with Crippen LogP contribution in [0.5, 0.6) is 0 Å². The molecule has 0 radical (unpaired) electrons. The van der Waals surface area contributed by atoms with Gasteiger partial charge in [0.05, 0.1) is 6.04 Å². The quantitative estimate of drug-likeness (QED) is 0.903. The van der Waals surface area contributed by atoms with Crippen molar-refractivity contribution < 1.29 is 4.79 Å². The Morgan fingerprint density at radius 1 is 1.29 bits per heavy atom. The van der Waals surface area contributed by atoms with Crippen LogP contribution in [0, 0.1) is 17.8 Å². The molecule has 3 nitrogen and oxygen atoms in total. The molecular weight excluding hydrogens is 260 g/mol. The molecule has 0 spiro atoms. The maximum Gasteiger partial charge on any atom is 0.239 e. The number of benzene rings is 1. The third-order valence-corrected chi connectivity index (χ3v) is 5.38. The minimum Gasteiger partial charge on any atom is -0.344 e. The first kappa shape index (κ1) is 14.6. The lowest BCUT2D eigenvalue weighted by Crippen LogP contribution is -2.45. The molecule has 3 unspecified atom stereocenters. The van der Waals surface area contributed by atoms with Crippen LogP contribution in [-0.2, 0) is 11.2 Å². The van der Waals surface area contributed by atoms with E-state index in [4.69, 9.17) is 5.73 Å². The summed E-state index contributed by atoms with van der Waals surface area (Å²) in [5.74, 6) is 2.58. The van der Waals surface area contributed by atoms with Crippen LogP contribution in [0.4, 0.5) is 0 Å². The summed E-state index contributed by atoms with van der Waals surface area (Å²) in [6.07, 6.45) is 6.11. The average molecular weight is 286 g/mol. The van der Waals surface area contributed by atoms with Gasteiger partial charge in [-0.05, 0) is 49.0 Å². The summed E-state index contributed by atoms with van der Waals surface area (Å²) >= 11 is 0. The number of hydrogen-bond donors (Lipinski definition) is 1. The van der Waals surface area contributed by atoms with Gasteiger partial charge in [0, 0.05) is 13.6 Å². The number of fused-ring (bicyclic) bond motifs is 2. The lowest BCUT2D eigenvalue weighted by Gasteiger charge is -2.28. The van der Waals surface area contributed by atoms with Crippen molar-refractivity contribution in [2.45, 2.75) is 38.1 Å². The minimum absolute atomic E-state index is 0.0848. The summed E-state index contributed by atoms with van der Waals surface area (Å²) in [5.41, 5.74) is 7.24. The topological polar surface area (TPSA) is 46.3 Å². The first-order valence-electron chi connectivity index (χ1n) is 8.18. The van der Waals surface area contributed by atoms with Gasteiger partial charge in [-0.15, -0.1) is 0 Å². The molecule has 2 bridgehead atoms. The second kappa shape index (κ2) is 6.18. The molecule has 2 aliphatic rings. The average Bonchev–Trinajstić information content (AvgIpc) is 3.10. The molecular formula is C18H26N2O. The van der Waals surface area contributed by atoms with Gasteiger partial charge in [-0.3, -0.25) is 4.79 Å². The molecule has 2 aliphatic carbocycles. The summed E-state index contributed by atoms with van der Waals surface area (Å²) in [7, 11) is 1.92. The highest BCUT2D eigenvalue weighted by molar-refractivity contribution is 5.81. The van der Waals surface area contributed by atoms with Gasteiger partial charge in [0.1, 0.15) is 0 Å². The molecule has 0 heterocycles. The van der Waals surface area contributed by atoms with Gasteiger partial charge in [-0.25, -0.2) is 0 Å². The third-order valence-electron chi connectivity index (χ3n) is 5.38. The summed E-state index contributed by atoms with van der Waals surface area (Å²) in [6, 6.07) is 9.61.